The third-order valence-corrected chi connectivity index (χ3v) is 4.49. The van der Waals surface area contributed by atoms with E-state index in [-0.39, 0.29) is 29.0 Å². The number of hydrogen-bond donors (Lipinski definition) is 1. The second kappa shape index (κ2) is 7.75. The van der Waals surface area contributed by atoms with E-state index < -0.39 is 7.12 Å². The molecule has 4 rings (SSSR count). The van der Waals surface area contributed by atoms with Crippen LogP contribution in [0.25, 0.3) is 0 Å². The molecule has 138 valence electrons. The van der Waals surface area contributed by atoms with Gasteiger partial charge in [0.15, 0.2) is 0 Å². The van der Waals surface area contributed by atoms with Crippen LogP contribution in [-0.2, 0) is 16.0 Å². The maximum absolute atomic E-state index is 9.69. The van der Waals surface area contributed by atoms with Gasteiger partial charge >= 0.3 is 7.12 Å². The SMILES string of the molecule is N#Cc1cc(Cl)c(Oc2ccc3c(c2)COB3O)nc1OCCOC1CC1. The average Bonchev–Trinajstić information content (AvgIpc) is 3.43. The van der Waals surface area contributed by atoms with Gasteiger partial charge in [0.25, 0.3) is 0 Å². The summed E-state index contributed by atoms with van der Waals surface area (Å²) in [7, 11) is -0.913. The number of nitriles is 1. The first kappa shape index (κ1) is 18.1. The van der Waals surface area contributed by atoms with E-state index in [1.54, 1.807) is 18.2 Å². The third kappa shape index (κ3) is 4.17. The minimum absolute atomic E-state index is 0.133. The lowest BCUT2D eigenvalue weighted by molar-refractivity contribution is 0.0864. The lowest BCUT2D eigenvalue weighted by Crippen LogP contribution is -2.27. The molecule has 0 atom stereocenters. The Morgan fingerprint density at radius 1 is 1.30 bits per heavy atom. The molecule has 1 fully saturated rings. The standard InChI is InChI=1S/C18H16BClN2O5/c20-16-8-11(9-21)17(25-6-5-24-13-1-2-13)22-18(16)27-14-3-4-15-12(7-14)10-26-19(15)23/h3-4,7-8,13,23H,1-2,5-6,10H2. The molecule has 1 aromatic carbocycles. The van der Waals surface area contributed by atoms with Gasteiger partial charge in [0.05, 0.1) is 19.3 Å². The number of ether oxygens (including phenoxy) is 3. The maximum Gasteiger partial charge on any atom is 0.491 e. The van der Waals surface area contributed by atoms with E-state index >= 15 is 0 Å². The summed E-state index contributed by atoms with van der Waals surface area (Å²) in [5, 5.41) is 19.2. The van der Waals surface area contributed by atoms with E-state index in [1.165, 1.54) is 6.07 Å². The van der Waals surface area contributed by atoms with Crippen LogP contribution in [0.1, 0.15) is 24.0 Å². The molecule has 0 amide bonds. The number of pyridine rings is 1. The highest BCUT2D eigenvalue weighted by atomic mass is 35.5. The Labute approximate surface area is 161 Å². The molecule has 1 aliphatic carbocycles. The Balaban J connectivity index is 1.49. The highest BCUT2D eigenvalue weighted by molar-refractivity contribution is 6.61. The lowest BCUT2D eigenvalue weighted by atomic mass is 9.80. The van der Waals surface area contributed by atoms with Gasteiger partial charge in [-0.2, -0.15) is 10.2 Å². The first-order valence-electron chi connectivity index (χ1n) is 8.59. The topological polar surface area (TPSA) is 93.8 Å². The Morgan fingerprint density at radius 2 is 2.15 bits per heavy atom. The molecule has 0 radical (unpaired) electrons. The van der Waals surface area contributed by atoms with Crippen LogP contribution in [0.2, 0.25) is 5.02 Å². The predicted molar refractivity (Wildman–Crippen MR) is 97.3 cm³/mol. The molecular weight excluding hydrogens is 370 g/mol. The minimum Gasteiger partial charge on any atom is -0.474 e. The summed E-state index contributed by atoms with van der Waals surface area (Å²) in [4.78, 5) is 4.24. The number of nitrogens with zero attached hydrogens (tertiary/aromatic N) is 2. The maximum atomic E-state index is 9.69. The van der Waals surface area contributed by atoms with E-state index in [1.807, 2.05) is 6.07 Å². The van der Waals surface area contributed by atoms with Crippen LogP contribution in [0.3, 0.4) is 0 Å². The van der Waals surface area contributed by atoms with Crippen LogP contribution < -0.4 is 14.9 Å². The number of halogens is 1. The number of fused-ring (bicyclic) bond motifs is 1. The van der Waals surface area contributed by atoms with Crippen molar-refractivity contribution in [3.8, 4) is 23.6 Å². The molecule has 1 aromatic heterocycles. The van der Waals surface area contributed by atoms with Gasteiger partial charge in [0.2, 0.25) is 11.8 Å². The summed E-state index contributed by atoms with van der Waals surface area (Å²) in [6.45, 7) is 1.02. The van der Waals surface area contributed by atoms with E-state index in [2.05, 4.69) is 4.98 Å². The quantitative estimate of drug-likeness (QED) is 0.575. The van der Waals surface area contributed by atoms with Crippen molar-refractivity contribution in [2.24, 2.45) is 0 Å². The number of aromatic nitrogens is 1. The Hall–Kier alpha value is -2.31. The van der Waals surface area contributed by atoms with Crippen molar-refractivity contribution in [1.82, 2.24) is 4.98 Å². The molecule has 1 aliphatic heterocycles. The van der Waals surface area contributed by atoms with Crippen LogP contribution in [0.15, 0.2) is 24.3 Å². The summed E-state index contributed by atoms with van der Waals surface area (Å²) in [5.41, 5.74) is 1.77. The van der Waals surface area contributed by atoms with Crippen molar-refractivity contribution < 1.29 is 23.9 Å². The van der Waals surface area contributed by atoms with E-state index in [0.717, 1.165) is 18.4 Å². The van der Waals surface area contributed by atoms with E-state index in [4.69, 9.17) is 30.5 Å². The molecule has 0 unspecified atom stereocenters. The molecule has 2 aromatic rings. The summed E-state index contributed by atoms with van der Waals surface area (Å²) in [6, 6.07) is 8.65. The monoisotopic (exact) mass is 386 g/mol. The number of rotatable bonds is 7. The summed E-state index contributed by atoms with van der Waals surface area (Å²) < 4.78 is 22.0. The summed E-state index contributed by atoms with van der Waals surface area (Å²) >= 11 is 6.20. The van der Waals surface area contributed by atoms with Gasteiger partial charge in [-0.1, -0.05) is 17.7 Å². The minimum atomic E-state index is -0.913. The first-order valence-corrected chi connectivity index (χ1v) is 8.97. The van der Waals surface area contributed by atoms with Gasteiger partial charge in [0.1, 0.15) is 29.0 Å². The zero-order valence-corrected chi connectivity index (χ0v) is 15.1. The smallest absolute Gasteiger partial charge is 0.474 e. The van der Waals surface area contributed by atoms with E-state index in [9.17, 15) is 10.3 Å². The zero-order valence-electron chi connectivity index (χ0n) is 14.4. The third-order valence-electron chi connectivity index (χ3n) is 4.22. The summed E-state index contributed by atoms with van der Waals surface area (Å²) in [6.07, 6.45) is 2.51. The van der Waals surface area contributed by atoms with Crippen LogP contribution in [0, 0.1) is 11.3 Å². The largest absolute Gasteiger partial charge is 0.491 e. The molecule has 1 N–H and O–H groups in total. The molecule has 2 aliphatic rings. The van der Waals surface area contributed by atoms with Gasteiger partial charge < -0.3 is 23.9 Å². The normalized spacial score (nSPS) is 15.4. The van der Waals surface area contributed by atoms with Crippen molar-refractivity contribution in [1.29, 1.82) is 5.26 Å². The van der Waals surface area contributed by atoms with Gasteiger partial charge in [-0.05, 0) is 42.1 Å². The Bertz CT molecular complexity index is 900. The average molecular weight is 387 g/mol. The Morgan fingerprint density at radius 3 is 2.93 bits per heavy atom. The van der Waals surface area contributed by atoms with Crippen LogP contribution >= 0.6 is 11.6 Å². The van der Waals surface area contributed by atoms with Crippen molar-refractivity contribution in [2.75, 3.05) is 13.2 Å². The van der Waals surface area contributed by atoms with Gasteiger partial charge in [-0.25, -0.2) is 0 Å². The van der Waals surface area contributed by atoms with Gasteiger partial charge in [0, 0.05) is 0 Å². The predicted octanol–water partition coefficient (Wildman–Crippen LogP) is 2.17. The van der Waals surface area contributed by atoms with Crippen molar-refractivity contribution in [2.45, 2.75) is 25.6 Å². The fourth-order valence-corrected chi connectivity index (χ4v) is 2.88. The molecule has 9 heteroatoms. The van der Waals surface area contributed by atoms with Gasteiger partial charge in [-0.3, -0.25) is 0 Å². The zero-order chi connectivity index (χ0) is 18.8. The molecule has 2 heterocycles. The van der Waals surface area contributed by atoms with Crippen LogP contribution in [0.4, 0.5) is 0 Å². The second-order valence-electron chi connectivity index (χ2n) is 6.28. The fourth-order valence-electron chi connectivity index (χ4n) is 2.69. The lowest BCUT2D eigenvalue weighted by Gasteiger charge is -2.12. The summed E-state index contributed by atoms with van der Waals surface area (Å²) in [5.74, 6) is 0.776. The van der Waals surface area contributed by atoms with Crippen LogP contribution in [0.5, 0.6) is 17.5 Å². The van der Waals surface area contributed by atoms with Crippen molar-refractivity contribution in [3.05, 3.63) is 40.4 Å². The molecule has 7 nitrogen and oxygen atoms in total. The Kier molecular flexibility index (Phi) is 5.19. The fraction of sp³-hybridized carbons (Fsp3) is 0.333. The van der Waals surface area contributed by atoms with Gasteiger partial charge in [-0.15, -0.1) is 0 Å². The second-order valence-corrected chi connectivity index (χ2v) is 6.69. The molecule has 27 heavy (non-hydrogen) atoms. The molecule has 0 spiro atoms. The highest BCUT2D eigenvalue weighted by Crippen LogP contribution is 2.32. The van der Waals surface area contributed by atoms with Crippen molar-refractivity contribution >= 4 is 24.2 Å². The number of benzene rings is 1. The van der Waals surface area contributed by atoms with Crippen LogP contribution in [-0.4, -0.2) is 36.4 Å². The molecular formula is C18H16BClN2O5. The molecule has 1 saturated carbocycles. The molecule has 0 saturated heterocycles. The number of hydrogen-bond acceptors (Lipinski definition) is 7. The molecule has 0 bridgehead atoms. The van der Waals surface area contributed by atoms with E-state index in [0.29, 0.717) is 30.5 Å². The highest BCUT2D eigenvalue weighted by Gasteiger charge is 2.27. The van der Waals surface area contributed by atoms with Crippen molar-refractivity contribution in [3.63, 3.8) is 0 Å². The first-order chi connectivity index (χ1) is 13.1.